The molecule has 0 aliphatic carbocycles. The molecule has 2 amide bonds. The second kappa shape index (κ2) is 7.58. The van der Waals surface area contributed by atoms with E-state index in [-0.39, 0.29) is 23.5 Å². The van der Waals surface area contributed by atoms with Crippen LogP contribution >= 0.6 is 0 Å². The van der Waals surface area contributed by atoms with Gasteiger partial charge in [0, 0.05) is 18.2 Å². The van der Waals surface area contributed by atoms with E-state index in [1.165, 1.54) is 0 Å². The highest BCUT2D eigenvalue weighted by molar-refractivity contribution is 7.91. The number of nitrogens with zero attached hydrogens (tertiary/aromatic N) is 1. The Morgan fingerprint density at radius 2 is 2.19 bits per heavy atom. The maximum atomic E-state index is 12.8. The van der Waals surface area contributed by atoms with Gasteiger partial charge in [-0.25, -0.2) is 13.2 Å². The quantitative estimate of drug-likeness (QED) is 0.847. The number of methoxy groups -OCH3 is 1. The normalized spacial score (nSPS) is 23.5. The molecule has 1 aromatic carbocycles. The molecule has 2 aliphatic rings. The van der Waals surface area contributed by atoms with Gasteiger partial charge in [-0.2, -0.15) is 0 Å². The standard InChI is InChI=1S/C19H28N2O5S/c1-19(2)13-21(11-15-6-7-16(25-3)9-17(15)26-19)18(22)20-10-14-5-4-8-27(23,24)12-14/h6-7,9,14H,4-5,8,10-13H2,1-3H3,(H,20,22). The van der Waals surface area contributed by atoms with E-state index in [2.05, 4.69) is 5.32 Å². The summed E-state index contributed by atoms with van der Waals surface area (Å²) in [5, 5.41) is 2.92. The zero-order valence-corrected chi connectivity index (χ0v) is 17.0. The Hall–Kier alpha value is -1.96. The zero-order chi connectivity index (χ0) is 19.7. The van der Waals surface area contributed by atoms with E-state index >= 15 is 0 Å². The largest absolute Gasteiger partial charge is 0.497 e. The van der Waals surface area contributed by atoms with Gasteiger partial charge in [0.2, 0.25) is 0 Å². The summed E-state index contributed by atoms with van der Waals surface area (Å²) in [5.74, 6) is 1.83. The van der Waals surface area contributed by atoms with Gasteiger partial charge < -0.3 is 19.7 Å². The highest BCUT2D eigenvalue weighted by atomic mass is 32.2. The molecule has 27 heavy (non-hydrogen) atoms. The molecular formula is C19H28N2O5S. The van der Waals surface area contributed by atoms with Crippen LogP contribution in [-0.2, 0) is 16.4 Å². The summed E-state index contributed by atoms with van der Waals surface area (Å²) in [5.41, 5.74) is 0.361. The van der Waals surface area contributed by atoms with Crippen LogP contribution in [0.2, 0.25) is 0 Å². The Kier molecular flexibility index (Phi) is 5.55. The van der Waals surface area contributed by atoms with Crippen LogP contribution < -0.4 is 14.8 Å². The monoisotopic (exact) mass is 396 g/mol. The lowest BCUT2D eigenvalue weighted by Gasteiger charge is -2.30. The van der Waals surface area contributed by atoms with Crippen molar-refractivity contribution in [3.05, 3.63) is 23.8 Å². The summed E-state index contributed by atoms with van der Waals surface area (Å²) in [7, 11) is -1.37. The minimum Gasteiger partial charge on any atom is -0.497 e. The molecule has 3 rings (SSSR count). The van der Waals surface area contributed by atoms with E-state index in [0.29, 0.717) is 37.6 Å². The van der Waals surface area contributed by atoms with Crippen LogP contribution in [0.1, 0.15) is 32.3 Å². The average molecular weight is 397 g/mol. The van der Waals surface area contributed by atoms with Gasteiger partial charge in [0.15, 0.2) is 9.84 Å². The Balaban J connectivity index is 1.68. The zero-order valence-electron chi connectivity index (χ0n) is 16.2. The first kappa shape index (κ1) is 19.8. The average Bonchev–Trinajstić information content (AvgIpc) is 2.72. The molecule has 1 aromatic rings. The number of rotatable bonds is 3. The van der Waals surface area contributed by atoms with Gasteiger partial charge in [0.05, 0.1) is 31.7 Å². The molecule has 0 aromatic heterocycles. The van der Waals surface area contributed by atoms with Crippen molar-refractivity contribution < 1.29 is 22.7 Å². The van der Waals surface area contributed by atoms with Crippen LogP contribution in [0.25, 0.3) is 0 Å². The van der Waals surface area contributed by atoms with Crippen molar-refractivity contribution >= 4 is 15.9 Å². The van der Waals surface area contributed by atoms with Gasteiger partial charge >= 0.3 is 6.03 Å². The van der Waals surface area contributed by atoms with E-state index in [1.54, 1.807) is 12.0 Å². The number of urea groups is 1. The molecule has 0 spiro atoms. The minimum atomic E-state index is -2.97. The summed E-state index contributed by atoms with van der Waals surface area (Å²) in [6.45, 7) is 5.12. The summed E-state index contributed by atoms with van der Waals surface area (Å²) < 4.78 is 34.9. The van der Waals surface area contributed by atoms with Crippen LogP contribution in [0.15, 0.2) is 18.2 Å². The number of fused-ring (bicyclic) bond motifs is 1. The molecule has 1 N–H and O–H groups in total. The number of carbonyl (C=O) groups is 1. The molecule has 0 radical (unpaired) electrons. The van der Waals surface area contributed by atoms with Gasteiger partial charge in [0.25, 0.3) is 0 Å². The van der Waals surface area contributed by atoms with Crippen LogP contribution in [0.5, 0.6) is 11.5 Å². The molecule has 0 bridgehead atoms. The Bertz CT molecular complexity index is 806. The van der Waals surface area contributed by atoms with Gasteiger partial charge in [-0.3, -0.25) is 0 Å². The number of sulfone groups is 1. The maximum Gasteiger partial charge on any atom is 0.317 e. The van der Waals surface area contributed by atoms with E-state index in [4.69, 9.17) is 9.47 Å². The second-order valence-corrected chi connectivity index (χ2v) is 10.2. The Morgan fingerprint density at radius 1 is 1.41 bits per heavy atom. The molecule has 8 heteroatoms. The van der Waals surface area contributed by atoms with Crippen molar-refractivity contribution in [2.45, 2.75) is 38.8 Å². The van der Waals surface area contributed by atoms with E-state index in [0.717, 1.165) is 12.0 Å². The highest BCUT2D eigenvalue weighted by Crippen LogP contribution is 2.32. The predicted octanol–water partition coefficient (Wildman–Crippen LogP) is 2.20. The number of benzene rings is 1. The van der Waals surface area contributed by atoms with Gasteiger partial charge in [-0.05, 0) is 44.7 Å². The fourth-order valence-electron chi connectivity index (χ4n) is 3.70. The van der Waals surface area contributed by atoms with Gasteiger partial charge in [0.1, 0.15) is 17.1 Å². The lowest BCUT2D eigenvalue weighted by Crippen LogP contribution is -2.48. The van der Waals surface area contributed by atoms with E-state index in [9.17, 15) is 13.2 Å². The third-order valence-electron chi connectivity index (χ3n) is 4.98. The molecule has 2 aliphatic heterocycles. The molecular weight excluding hydrogens is 368 g/mol. The van der Waals surface area contributed by atoms with E-state index in [1.807, 2.05) is 32.0 Å². The van der Waals surface area contributed by atoms with Crippen LogP contribution in [0.3, 0.4) is 0 Å². The highest BCUT2D eigenvalue weighted by Gasteiger charge is 2.32. The molecule has 1 atom stereocenters. The molecule has 2 heterocycles. The number of amides is 2. The van der Waals surface area contributed by atoms with Crippen molar-refractivity contribution in [2.24, 2.45) is 5.92 Å². The van der Waals surface area contributed by atoms with Crippen molar-refractivity contribution in [2.75, 3.05) is 31.7 Å². The summed E-state index contributed by atoms with van der Waals surface area (Å²) in [6, 6.07) is 5.40. The first-order valence-corrected chi connectivity index (χ1v) is 11.1. The van der Waals surface area contributed by atoms with Crippen molar-refractivity contribution in [3.8, 4) is 11.5 Å². The molecule has 0 saturated carbocycles. The van der Waals surface area contributed by atoms with Crippen molar-refractivity contribution in [1.29, 1.82) is 0 Å². The molecule has 1 fully saturated rings. The first-order chi connectivity index (χ1) is 12.7. The fraction of sp³-hybridized carbons (Fsp3) is 0.632. The summed E-state index contributed by atoms with van der Waals surface area (Å²) in [6.07, 6.45) is 1.50. The Morgan fingerprint density at radius 3 is 2.89 bits per heavy atom. The summed E-state index contributed by atoms with van der Waals surface area (Å²) >= 11 is 0. The third-order valence-corrected chi connectivity index (χ3v) is 6.87. The number of hydrogen-bond donors (Lipinski definition) is 1. The van der Waals surface area contributed by atoms with Crippen LogP contribution in [0, 0.1) is 5.92 Å². The second-order valence-electron chi connectivity index (χ2n) is 8.00. The van der Waals surface area contributed by atoms with Crippen LogP contribution in [-0.4, -0.2) is 56.7 Å². The predicted molar refractivity (Wildman–Crippen MR) is 103 cm³/mol. The molecule has 150 valence electrons. The fourth-order valence-corrected chi connectivity index (χ4v) is 5.48. The van der Waals surface area contributed by atoms with Crippen molar-refractivity contribution in [3.63, 3.8) is 0 Å². The lowest BCUT2D eigenvalue weighted by molar-refractivity contribution is 0.0803. The lowest BCUT2D eigenvalue weighted by atomic mass is 10.1. The SMILES string of the molecule is COc1ccc2c(c1)OC(C)(C)CN(C(=O)NCC1CCCS(=O)(=O)C1)C2. The van der Waals surface area contributed by atoms with Crippen molar-refractivity contribution in [1.82, 2.24) is 10.2 Å². The smallest absolute Gasteiger partial charge is 0.317 e. The molecule has 7 nitrogen and oxygen atoms in total. The minimum absolute atomic E-state index is 0.0134. The van der Waals surface area contributed by atoms with E-state index < -0.39 is 15.4 Å². The Labute approximate surface area is 160 Å². The number of carbonyl (C=O) groups excluding carboxylic acids is 1. The topological polar surface area (TPSA) is 84.9 Å². The molecule has 1 unspecified atom stereocenters. The summed E-state index contributed by atoms with van der Waals surface area (Å²) in [4.78, 5) is 14.5. The number of ether oxygens (including phenoxy) is 2. The van der Waals surface area contributed by atoms with Gasteiger partial charge in [-0.15, -0.1) is 0 Å². The number of hydrogen-bond acceptors (Lipinski definition) is 5. The van der Waals surface area contributed by atoms with Crippen LogP contribution in [0.4, 0.5) is 4.79 Å². The third kappa shape index (κ3) is 5.06. The number of nitrogens with one attached hydrogen (secondary N) is 1. The molecule has 1 saturated heterocycles. The maximum absolute atomic E-state index is 12.8. The first-order valence-electron chi connectivity index (χ1n) is 9.26. The van der Waals surface area contributed by atoms with Gasteiger partial charge in [-0.1, -0.05) is 0 Å².